The Labute approximate surface area is 103 Å². The maximum atomic E-state index is 10.9. The van der Waals surface area contributed by atoms with Crippen LogP contribution in [-0.2, 0) is 0 Å². The molecule has 16 heavy (non-hydrogen) atoms. The molecule has 0 aliphatic carbocycles. The standard InChI is InChI=1S/C7H6BrNO.C5H5N/c8-5-7(10)6-3-1-2-4-9-6;1-2-4-6-5-3-1/h1-4H,5H2;1-5H. The Hall–Kier alpha value is -1.55. The summed E-state index contributed by atoms with van der Waals surface area (Å²) in [5.74, 6) is 0.0144. The van der Waals surface area contributed by atoms with E-state index in [1.807, 2.05) is 18.2 Å². The lowest BCUT2D eigenvalue weighted by Gasteiger charge is -1.91. The summed E-state index contributed by atoms with van der Waals surface area (Å²) < 4.78 is 0. The molecule has 2 heterocycles. The molecule has 0 N–H and O–H groups in total. The number of alkyl halides is 1. The zero-order valence-corrected chi connectivity index (χ0v) is 10.2. The first-order chi connectivity index (χ1) is 7.84. The number of pyridine rings is 2. The predicted molar refractivity (Wildman–Crippen MR) is 66.6 cm³/mol. The summed E-state index contributed by atoms with van der Waals surface area (Å²) in [4.78, 5) is 18.6. The maximum absolute atomic E-state index is 10.9. The third kappa shape index (κ3) is 4.79. The molecule has 0 unspecified atom stereocenters. The summed E-state index contributed by atoms with van der Waals surface area (Å²) in [6.45, 7) is 0. The first-order valence-electron chi connectivity index (χ1n) is 4.70. The van der Waals surface area contributed by atoms with Crippen LogP contribution in [0, 0.1) is 0 Å². The van der Waals surface area contributed by atoms with Crippen molar-refractivity contribution in [2.75, 3.05) is 5.33 Å². The molecule has 2 rings (SSSR count). The Bertz CT molecular complexity index is 379. The van der Waals surface area contributed by atoms with E-state index in [0.29, 0.717) is 11.0 Å². The largest absolute Gasteiger partial charge is 0.291 e. The second-order valence-electron chi connectivity index (χ2n) is 2.80. The lowest BCUT2D eigenvalue weighted by molar-refractivity contribution is 0.101. The molecule has 0 radical (unpaired) electrons. The van der Waals surface area contributed by atoms with Crippen molar-refractivity contribution < 1.29 is 4.79 Å². The lowest BCUT2D eigenvalue weighted by atomic mass is 10.3. The normalized spacial score (nSPS) is 8.81. The maximum Gasteiger partial charge on any atom is 0.191 e. The van der Waals surface area contributed by atoms with Gasteiger partial charge in [-0.15, -0.1) is 0 Å². The summed E-state index contributed by atoms with van der Waals surface area (Å²) in [5.41, 5.74) is 0.513. The van der Waals surface area contributed by atoms with Crippen LogP contribution in [0.15, 0.2) is 55.0 Å². The van der Waals surface area contributed by atoms with Crippen LogP contribution in [0.4, 0.5) is 0 Å². The van der Waals surface area contributed by atoms with Crippen LogP contribution in [0.1, 0.15) is 10.5 Å². The average molecular weight is 279 g/mol. The fourth-order valence-electron chi connectivity index (χ4n) is 0.909. The van der Waals surface area contributed by atoms with Gasteiger partial charge in [-0.05, 0) is 24.3 Å². The van der Waals surface area contributed by atoms with Crippen molar-refractivity contribution in [2.45, 2.75) is 0 Å². The van der Waals surface area contributed by atoms with Gasteiger partial charge in [-0.2, -0.15) is 0 Å². The Morgan fingerprint density at radius 3 is 2.12 bits per heavy atom. The molecule has 2 aromatic heterocycles. The van der Waals surface area contributed by atoms with E-state index in [2.05, 4.69) is 25.9 Å². The fraction of sp³-hybridized carbons (Fsp3) is 0.0833. The molecule has 0 bridgehead atoms. The molecule has 0 atom stereocenters. The molecule has 0 saturated carbocycles. The number of rotatable bonds is 2. The number of carbonyl (C=O) groups excluding carboxylic acids is 1. The van der Waals surface area contributed by atoms with Crippen LogP contribution in [0.3, 0.4) is 0 Å². The quantitative estimate of drug-likeness (QED) is 0.627. The third-order valence-electron chi connectivity index (χ3n) is 1.64. The Balaban J connectivity index is 0.000000181. The van der Waals surface area contributed by atoms with Gasteiger partial charge in [0.2, 0.25) is 0 Å². The van der Waals surface area contributed by atoms with Crippen molar-refractivity contribution >= 4 is 21.7 Å². The number of ketones is 1. The van der Waals surface area contributed by atoms with Crippen LogP contribution < -0.4 is 0 Å². The van der Waals surface area contributed by atoms with Crippen molar-refractivity contribution in [3.63, 3.8) is 0 Å². The minimum atomic E-state index is 0.0144. The van der Waals surface area contributed by atoms with E-state index in [0.717, 1.165) is 0 Å². The number of hydrogen-bond donors (Lipinski definition) is 0. The summed E-state index contributed by atoms with van der Waals surface area (Å²) in [6.07, 6.45) is 5.11. The highest BCUT2D eigenvalue weighted by molar-refractivity contribution is 9.09. The van der Waals surface area contributed by atoms with Crippen LogP contribution in [-0.4, -0.2) is 21.1 Å². The molecular formula is C12H11BrN2O. The Morgan fingerprint density at radius 1 is 1.06 bits per heavy atom. The zero-order valence-electron chi connectivity index (χ0n) is 8.58. The number of halogens is 1. The van der Waals surface area contributed by atoms with Crippen LogP contribution >= 0.6 is 15.9 Å². The van der Waals surface area contributed by atoms with Gasteiger partial charge in [-0.1, -0.05) is 28.1 Å². The van der Waals surface area contributed by atoms with Crippen molar-refractivity contribution in [2.24, 2.45) is 0 Å². The highest BCUT2D eigenvalue weighted by atomic mass is 79.9. The Morgan fingerprint density at radius 2 is 1.75 bits per heavy atom. The first kappa shape index (κ1) is 12.5. The second-order valence-corrected chi connectivity index (χ2v) is 3.36. The van der Waals surface area contributed by atoms with E-state index in [9.17, 15) is 4.79 Å². The van der Waals surface area contributed by atoms with Crippen LogP contribution in [0.5, 0.6) is 0 Å². The number of nitrogens with zero attached hydrogens (tertiary/aromatic N) is 2. The number of aromatic nitrogens is 2. The van der Waals surface area contributed by atoms with Gasteiger partial charge in [0.15, 0.2) is 5.78 Å². The molecule has 82 valence electrons. The minimum Gasteiger partial charge on any atom is -0.291 e. The van der Waals surface area contributed by atoms with Crippen molar-refractivity contribution in [3.8, 4) is 0 Å². The number of hydrogen-bond acceptors (Lipinski definition) is 3. The molecule has 3 nitrogen and oxygen atoms in total. The topological polar surface area (TPSA) is 42.9 Å². The van der Waals surface area contributed by atoms with E-state index < -0.39 is 0 Å². The fourth-order valence-corrected chi connectivity index (χ4v) is 1.20. The van der Waals surface area contributed by atoms with Gasteiger partial charge in [-0.3, -0.25) is 14.8 Å². The van der Waals surface area contributed by atoms with E-state index in [1.165, 1.54) is 0 Å². The summed E-state index contributed by atoms with van der Waals surface area (Å²) >= 11 is 3.06. The van der Waals surface area contributed by atoms with E-state index >= 15 is 0 Å². The third-order valence-corrected chi connectivity index (χ3v) is 2.15. The van der Waals surface area contributed by atoms with E-state index in [-0.39, 0.29) is 5.78 Å². The van der Waals surface area contributed by atoms with Gasteiger partial charge in [0, 0.05) is 18.6 Å². The summed E-state index contributed by atoms with van der Waals surface area (Å²) in [7, 11) is 0. The van der Waals surface area contributed by atoms with Crippen LogP contribution in [0.2, 0.25) is 0 Å². The van der Waals surface area contributed by atoms with E-state index in [4.69, 9.17) is 0 Å². The van der Waals surface area contributed by atoms with Gasteiger partial charge in [-0.25, -0.2) is 0 Å². The predicted octanol–water partition coefficient (Wildman–Crippen LogP) is 2.74. The summed E-state index contributed by atoms with van der Waals surface area (Å²) in [5, 5.41) is 0.337. The zero-order chi connectivity index (χ0) is 11.6. The molecule has 4 heteroatoms. The first-order valence-corrected chi connectivity index (χ1v) is 5.82. The second kappa shape index (κ2) is 7.70. The molecule has 0 aliphatic rings. The SMILES string of the molecule is O=C(CBr)c1ccccn1.c1ccncc1. The highest BCUT2D eigenvalue weighted by Crippen LogP contribution is 1.96. The van der Waals surface area contributed by atoms with E-state index in [1.54, 1.807) is 36.8 Å². The van der Waals surface area contributed by atoms with Gasteiger partial charge in [0.05, 0.1) is 5.33 Å². The van der Waals surface area contributed by atoms with Gasteiger partial charge >= 0.3 is 0 Å². The molecule has 0 spiro atoms. The molecule has 0 saturated heterocycles. The highest BCUT2D eigenvalue weighted by Gasteiger charge is 2.01. The Kier molecular flexibility index (Phi) is 6.03. The smallest absolute Gasteiger partial charge is 0.191 e. The monoisotopic (exact) mass is 278 g/mol. The molecule has 0 fully saturated rings. The minimum absolute atomic E-state index is 0.0144. The van der Waals surface area contributed by atoms with Gasteiger partial charge in [0.1, 0.15) is 5.69 Å². The van der Waals surface area contributed by atoms with Gasteiger partial charge < -0.3 is 0 Å². The molecule has 0 aliphatic heterocycles. The number of carbonyl (C=O) groups is 1. The van der Waals surface area contributed by atoms with Crippen molar-refractivity contribution in [1.82, 2.24) is 9.97 Å². The molecule has 0 aromatic carbocycles. The van der Waals surface area contributed by atoms with Crippen molar-refractivity contribution in [1.29, 1.82) is 0 Å². The summed E-state index contributed by atoms with van der Waals surface area (Å²) in [6, 6.07) is 11.0. The van der Waals surface area contributed by atoms with Gasteiger partial charge in [0.25, 0.3) is 0 Å². The molecule has 0 amide bonds. The average Bonchev–Trinajstić information content (AvgIpc) is 2.41. The van der Waals surface area contributed by atoms with Crippen molar-refractivity contribution in [3.05, 3.63) is 60.7 Å². The lowest BCUT2D eigenvalue weighted by Crippen LogP contribution is -2.01. The number of Topliss-reactive ketones (excluding diaryl/α,β-unsaturated/α-hetero) is 1. The van der Waals surface area contributed by atoms with Crippen LogP contribution in [0.25, 0.3) is 0 Å². The molecular weight excluding hydrogens is 268 g/mol. The molecule has 2 aromatic rings.